The van der Waals surface area contributed by atoms with Crippen molar-refractivity contribution < 1.29 is 14.3 Å². The molecule has 1 fully saturated rings. The minimum Gasteiger partial charge on any atom is -0.422 e. The number of thiophene rings is 1. The molecule has 21 heavy (non-hydrogen) atoms. The van der Waals surface area contributed by atoms with Crippen LogP contribution in [-0.4, -0.2) is 18.4 Å². The van der Waals surface area contributed by atoms with Gasteiger partial charge < -0.3 is 9.64 Å². The molecule has 6 heteroatoms. The van der Waals surface area contributed by atoms with Crippen LogP contribution in [-0.2, 0) is 4.79 Å². The Morgan fingerprint density at radius 1 is 1.19 bits per heavy atom. The van der Waals surface area contributed by atoms with Crippen LogP contribution in [0.3, 0.4) is 0 Å². The molecule has 3 rings (SSSR count). The van der Waals surface area contributed by atoms with E-state index in [4.69, 9.17) is 4.74 Å². The van der Waals surface area contributed by atoms with Crippen molar-refractivity contribution in [3.8, 4) is 5.75 Å². The second-order valence-electron chi connectivity index (χ2n) is 4.64. The Hall–Kier alpha value is -1.66. The number of carbonyl (C=O) groups excluding carboxylic acids is 2. The van der Waals surface area contributed by atoms with Gasteiger partial charge in [0.15, 0.2) is 0 Å². The highest BCUT2D eigenvalue weighted by atomic mass is 79.9. The van der Waals surface area contributed by atoms with Crippen molar-refractivity contribution >= 4 is 44.8 Å². The van der Waals surface area contributed by atoms with E-state index in [-0.39, 0.29) is 11.9 Å². The smallest absolute Gasteiger partial charge is 0.353 e. The van der Waals surface area contributed by atoms with Crippen LogP contribution >= 0.6 is 27.3 Å². The number of anilines is 1. The van der Waals surface area contributed by atoms with Crippen molar-refractivity contribution in [2.24, 2.45) is 0 Å². The number of benzene rings is 1. The summed E-state index contributed by atoms with van der Waals surface area (Å²) in [6.45, 7) is 0.751. The lowest BCUT2D eigenvalue weighted by molar-refractivity contribution is -0.117. The van der Waals surface area contributed by atoms with Crippen molar-refractivity contribution in [2.75, 3.05) is 11.4 Å². The molecular weight excluding hydrogens is 354 g/mol. The topological polar surface area (TPSA) is 46.6 Å². The third-order valence-electron chi connectivity index (χ3n) is 3.21. The maximum atomic E-state index is 11.9. The summed E-state index contributed by atoms with van der Waals surface area (Å²) in [5.74, 6) is 0.235. The SMILES string of the molecule is O=C(Oc1ccc(N2CCCC2=O)cc1)c1ccc(Br)s1. The highest BCUT2D eigenvalue weighted by Crippen LogP contribution is 2.26. The number of halogens is 1. The zero-order valence-corrected chi connectivity index (χ0v) is 13.4. The number of rotatable bonds is 3. The van der Waals surface area contributed by atoms with Gasteiger partial charge in [-0.3, -0.25) is 4.79 Å². The van der Waals surface area contributed by atoms with E-state index in [1.165, 1.54) is 11.3 Å². The number of nitrogens with zero attached hydrogens (tertiary/aromatic N) is 1. The molecule has 0 aliphatic carbocycles. The minimum atomic E-state index is -0.379. The lowest BCUT2D eigenvalue weighted by Crippen LogP contribution is -2.23. The number of ether oxygens (including phenoxy) is 1. The van der Waals surface area contributed by atoms with Crippen molar-refractivity contribution in [3.63, 3.8) is 0 Å². The predicted octanol–water partition coefficient (Wildman–Crippen LogP) is 3.86. The molecule has 0 spiro atoms. The van der Waals surface area contributed by atoms with Gasteiger partial charge in [-0.2, -0.15) is 0 Å². The van der Waals surface area contributed by atoms with Crippen molar-refractivity contribution in [1.82, 2.24) is 0 Å². The summed E-state index contributed by atoms with van der Waals surface area (Å²) in [4.78, 5) is 25.9. The van der Waals surface area contributed by atoms with Gasteiger partial charge >= 0.3 is 5.97 Å². The van der Waals surface area contributed by atoms with Crippen LogP contribution in [0.15, 0.2) is 40.2 Å². The van der Waals surface area contributed by atoms with Crippen molar-refractivity contribution in [2.45, 2.75) is 12.8 Å². The number of hydrogen-bond acceptors (Lipinski definition) is 4. The summed E-state index contributed by atoms with van der Waals surface area (Å²) in [7, 11) is 0. The molecule has 0 N–H and O–H groups in total. The zero-order valence-electron chi connectivity index (χ0n) is 11.0. The monoisotopic (exact) mass is 365 g/mol. The maximum absolute atomic E-state index is 11.9. The van der Waals surface area contributed by atoms with Crippen LogP contribution in [0, 0.1) is 0 Å². The van der Waals surface area contributed by atoms with E-state index < -0.39 is 0 Å². The number of carbonyl (C=O) groups is 2. The van der Waals surface area contributed by atoms with Gasteiger partial charge in [0.2, 0.25) is 5.91 Å². The van der Waals surface area contributed by atoms with Crippen LogP contribution in [0.1, 0.15) is 22.5 Å². The molecule has 1 amide bonds. The van der Waals surface area contributed by atoms with Crippen molar-refractivity contribution in [3.05, 3.63) is 45.1 Å². The van der Waals surface area contributed by atoms with Crippen LogP contribution < -0.4 is 9.64 Å². The molecule has 1 aromatic heterocycles. The molecule has 0 radical (unpaired) electrons. The molecule has 1 saturated heterocycles. The Bertz CT molecular complexity index is 680. The van der Waals surface area contributed by atoms with E-state index in [1.54, 1.807) is 35.2 Å². The Balaban J connectivity index is 1.69. The highest BCUT2D eigenvalue weighted by Gasteiger charge is 2.21. The fourth-order valence-corrected chi connectivity index (χ4v) is 3.46. The van der Waals surface area contributed by atoms with E-state index in [0.29, 0.717) is 17.0 Å². The molecule has 4 nitrogen and oxygen atoms in total. The third-order valence-corrected chi connectivity index (χ3v) is 4.81. The average molecular weight is 366 g/mol. The Labute approximate surface area is 134 Å². The third kappa shape index (κ3) is 3.16. The molecule has 2 aromatic rings. The molecule has 108 valence electrons. The van der Waals surface area contributed by atoms with Gasteiger partial charge in [0, 0.05) is 18.7 Å². The Morgan fingerprint density at radius 3 is 2.52 bits per heavy atom. The first-order valence-corrected chi connectivity index (χ1v) is 8.12. The second-order valence-corrected chi connectivity index (χ2v) is 7.10. The largest absolute Gasteiger partial charge is 0.422 e. The first kappa shape index (κ1) is 14.3. The molecule has 1 aliphatic heterocycles. The summed E-state index contributed by atoms with van der Waals surface area (Å²) in [6.07, 6.45) is 1.49. The standard InChI is InChI=1S/C15H12BrNO3S/c16-13-8-7-12(21-13)15(19)20-11-5-3-10(4-6-11)17-9-1-2-14(17)18/h3-8H,1-2,9H2. The number of amides is 1. The molecule has 1 aliphatic rings. The van der Waals surface area contributed by atoms with E-state index in [0.717, 1.165) is 22.4 Å². The Morgan fingerprint density at radius 2 is 1.95 bits per heavy atom. The van der Waals surface area contributed by atoms with E-state index in [1.807, 2.05) is 6.07 Å². The first-order valence-electron chi connectivity index (χ1n) is 6.51. The lowest BCUT2D eigenvalue weighted by Gasteiger charge is -2.15. The Kier molecular flexibility index (Phi) is 4.07. The van der Waals surface area contributed by atoms with E-state index in [2.05, 4.69) is 15.9 Å². The van der Waals surface area contributed by atoms with Gasteiger partial charge in [0.25, 0.3) is 0 Å². The molecule has 0 bridgehead atoms. The lowest BCUT2D eigenvalue weighted by atomic mass is 10.3. The fraction of sp³-hybridized carbons (Fsp3) is 0.200. The second kappa shape index (κ2) is 5.99. The normalized spacial score (nSPS) is 14.5. The van der Waals surface area contributed by atoms with Crippen LogP contribution in [0.25, 0.3) is 0 Å². The summed E-state index contributed by atoms with van der Waals surface area (Å²) in [6, 6.07) is 10.5. The predicted molar refractivity (Wildman–Crippen MR) is 85.0 cm³/mol. The summed E-state index contributed by atoms with van der Waals surface area (Å²) < 4.78 is 6.19. The maximum Gasteiger partial charge on any atom is 0.353 e. The van der Waals surface area contributed by atoms with Gasteiger partial charge in [0.1, 0.15) is 10.6 Å². The van der Waals surface area contributed by atoms with Gasteiger partial charge in [-0.15, -0.1) is 11.3 Å². The average Bonchev–Trinajstić information content (AvgIpc) is 3.08. The molecule has 0 atom stereocenters. The highest BCUT2D eigenvalue weighted by molar-refractivity contribution is 9.11. The molecule has 2 heterocycles. The zero-order chi connectivity index (χ0) is 14.8. The number of esters is 1. The van der Waals surface area contributed by atoms with Gasteiger partial charge in [-0.05, 0) is 58.7 Å². The molecular formula is C15H12BrNO3S. The summed E-state index contributed by atoms with van der Waals surface area (Å²) >= 11 is 4.64. The van der Waals surface area contributed by atoms with Gasteiger partial charge in [0.05, 0.1) is 3.79 Å². The van der Waals surface area contributed by atoms with Crippen molar-refractivity contribution in [1.29, 1.82) is 0 Å². The molecule has 0 unspecified atom stereocenters. The molecule has 1 aromatic carbocycles. The summed E-state index contributed by atoms with van der Waals surface area (Å²) in [5, 5.41) is 0. The van der Waals surface area contributed by atoms with Crippen LogP contribution in [0.4, 0.5) is 5.69 Å². The van der Waals surface area contributed by atoms with E-state index in [9.17, 15) is 9.59 Å². The van der Waals surface area contributed by atoms with Crippen LogP contribution in [0.5, 0.6) is 5.75 Å². The van der Waals surface area contributed by atoms with E-state index >= 15 is 0 Å². The van der Waals surface area contributed by atoms with Crippen LogP contribution in [0.2, 0.25) is 0 Å². The number of hydrogen-bond donors (Lipinski definition) is 0. The quantitative estimate of drug-likeness (QED) is 0.612. The fourth-order valence-electron chi connectivity index (χ4n) is 2.20. The minimum absolute atomic E-state index is 0.142. The van der Waals surface area contributed by atoms with Gasteiger partial charge in [-0.1, -0.05) is 0 Å². The molecule has 0 saturated carbocycles. The van der Waals surface area contributed by atoms with Gasteiger partial charge in [-0.25, -0.2) is 4.79 Å². The summed E-state index contributed by atoms with van der Waals surface area (Å²) in [5.41, 5.74) is 0.844. The first-order chi connectivity index (χ1) is 10.1.